The van der Waals surface area contributed by atoms with Crippen molar-refractivity contribution < 1.29 is 13.6 Å². The molecule has 1 amide bonds. The van der Waals surface area contributed by atoms with Crippen LogP contribution in [0.4, 0.5) is 26.1 Å². The molecule has 1 fully saturated rings. The molecule has 2 N–H and O–H groups in total. The summed E-state index contributed by atoms with van der Waals surface area (Å²) >= 11 is 0. The number of rotatable bonds is 7. The lowest BCUT2D eigenvalue weighted by Crippen LogP contribution is -2.19. The number of pyridine rings is 1. The van der Waals surface area contributed by atoms with Crippen molar-refractivity contribution in [3.63, 3.8) is 0 Å². The summed E-state index contributed by atoms with van der Waals surface area (Å²) in [5.74, 6) is -0.833. The van der Waals surface area contributed by atoms with E-state index >= 15 is 4.39 Å². The number of aryl methyl sites for hydroxylation is 2. The van der Waals surface area contributed by atoms with E-state index in [1.165, 1.54) is 6.07 Å². The summed E-state index contributed by atoms with van der Waals surface area (Å²) in [6, 6.07) is 5.11. The monoisotopic (exact) mass is 440 g/mol. The van der Waals surface area contributed by atoms with Crippen molar-refractivity contribution in [1.29, 1.82) is 0 Å². The van der Waals surface area contributed by atoms with Crippen molar-refractivity contribution in [2.45, 2.75) is 25.9 Å². The van der Waals surface area contributed by atoms with Gasteiger partial charge in [0.2, 0.25) is 5.91 Å². The van der Waals surface area contributed by atoms with Crippen LogP contribution in [0.15, 0.2) is 31.1 Å². The Morgan fingerprint density at radius 2 is 2.09 bits per heavy atom. The van der Waals surface area contributed by atoms with Crippen LogP contribution in [0.25, 0.3) is 16.7 Å². The van der Waals surface area contributed by atoms with Crippen LogP contribution in [0.1, 0.15) is 24.5 Å². The minimum atomic E-state index is -1.12. The van der Waals surface area contributed by atoms with Crippen LogP contribution >= 0.6 is 0 Å². The Kier molecular flexibility index (Phi) is 5.58. The molecule has 2 heterocycles. The third-order valence-corrected chi connectivity index (χ3v) is 5.84. The minimum Gasteiger partial charge on any atom is -0.388 e. The number of nitrogens with one attached hydrogen (secondary N) is 2. The second kappa shape index (κ2) is 8.22. The van der Waals surface area contributed by atoms with Crippen molar-refractivity contribution >= 4 is 40.0 Å². The normalized spacial score (nSPS) is 17.3. The molecule has 4 rings (SSSR count). The standard InChI is InChI=1S/C23H26F2N6O/c1-6-13-7-14(12(2)26-3)8-17(25)21(13)31(5)19-10-18-20(27-11-30(18)4)22(28-19)29-23(32)15-9-16(15)24/h7-8,10-11,15-16,26H,2,6,9H2,1,3-5H3,(H,28,29,32). The quantitative estimate of drug-likeness (QED) is 0.583. The third kappa shape index (κ3) is 3.79. The number of carbonyl (C=O) groups excluding carboxylic acids is 1. The van der Waals surface area contributed by atoms with E-state index in [9.17, 15) is 9.18 Å². The zero-order valence-corrected chi connectivity index (χ0v) is 18.5. The predicted octanol–water partition coefficient (Wildman–Crippen LogP) is 3.92. The first-order valence-corrected chi connectivity index (χ1v) is 10.4. The van der Waals surface area contributed by atoms with Crippen LogP contribution in [0, 0.1) is 11.7 Å². The summed E-state index contributed by atoms with van der Waals surface area (Å²) in [7, 11) is 5.28. The average molecular weight is 440 g/mol. The van der Waals surface area contributed by atoms with Gasteiger partial charge in [-0.25, -0.2) is 18.7 Å². The van der Waals surface area contributed by atoms with Crippen molar-refractivity contribution in [2.75, 3.05) is 24.3 Å². The van der Waals surface area contributed by atoms with E-state index in [1.54, 1.807) is 36.0 Å². The van der Waals surface area contributed by atoms with Crippen molar-refractivity contribution in [2.24, 2.45) is 13.0 Å². The molecule has 1 aliphatic carbocycles. The molecule has 2 atom stereocenters. The second-order valence-corrected chi connectivity index (χ2v) is 8.01. The zero-order chi connectivity index (χ0) is 23.2. The van der Waals surface area contributed by atoms with Gasteiger partial charge in [-0.15, -0.1) is 0 Å². The van der Waals surface area contributed by atoms with Gasteiger partial charge in [-0.2, -0.15) is 0 Å². The first-order valence-electron chi connectivity index (χ1n) is 10.4. The van der Waals surface area contributed by atoms with E-state index in [4.69, 9.17) is 0 Å². The molecule has 7 nitrogen and oxygen atoms in total. The maximum absolute atomic E-state index is 15.3. The lowest BCUT2D eigenvalue weighted by Gasteiger charge is -2.24. The molecule has 1 aromatic carbocycles. The van der Waals surface area contributed by atoms with Gasteiger partial charge in [-0.3, -0.25) is 4.79 Å². The van der Waals surface area contributed by atoms with Gasteiger partial charge in [-0.05, 0) is 30.5 Å². The van der Waals surface area contributed by atoms with Crippen LogP contribution in [0.5, 0.6) is 0 Å². The third-order valence-electron chi connectivity index (χ3n) is 5.84. The van der Waals surface area contributed by atoms with E-state index in [2.05, 4.69) is 27.2 Å². The highest BCUT2D eigenvalue weighted by Gasteiger charge is 2.44. The second-order valence-electron chi connectivity index (χ2n) is 8.01. The van der Waals surface area contributed by atoms with E-state index in [0.717, 1.165) is 5.56 Å². The molecule has 32 heavy (non-hydrogen) atoms. The van der Waals surface area contributed by atoms with Gasteiger partial charge in [0.25, 0.3) is 0 Å². The van der Waals surface area contributed by atoms with Crippen molar-refractivity contribution in [1.82, 2.24) is 19.9 Å². The van der Waals surface area contributed by atoms with Crippen LogP contribution in [-0.4, -0.2) is 40.7 Å². The van der Waals surface area contributed by atoms with E-state index < -0.39 is 23.8 Å². The molecule has 0 aliphatic heterocycles. The molecule has 168 valence electrons. The highest BCUT2D eigenvalue weighted by molar-refractivity contribution is 6.01. The maximum Gasteiger partial charge on any atom is 0.231 e. The molecule has 0 spiro atoms. The smallest absolute Gasteiger partial charge is 0.231 e. The Bertz CT molecular complexity index is 1220. The molecular formula is C23H26F2N6O. The van der Waals surface area contributed by atoms with Crippen molar-refractivity contribution in [3.05, 3.63) is 48.0 Å². The Morgan fingerprint density at radius 1 is 1.38 bits per heavy atom. The fourth-order valence-corrected chi connectivity index (χ4v) is 3.75. The first-order chi connectivity index (χ1) is 15.2. The summed E-state index contributed by atoms with van der Waals surface area (Å²) in [6.45, 7) is 5.86. The number of benzene rings is 1. The topological polar surface area (TPSA) is 75.1 Å². The fraction of sp³-hybridized carbons (Fsp3) is 0.348. The van der Waals surface area contributed by atoms with Gasteiger partial charge >= 0.3 is 0 Å². The van der Waals surface area contributed by atoms with Gasteiger partial charge in [0.15, 0.2) is 5.82 Å². The first kappa shape index (κ1) is 21.7. The molecule has 1 aliphatic rings. The lowest BCUT2D eigenvalue weighted by atomic mass is 10.0. The highest BCUT2D eigenvalue weighted by atomic mass is 19.1. The molecule has 2 aromatic heterocycles. The molecule has 1 saturated carbocycles. The number of aromatic nitrogens is 3. The number of fused-ring (bicyclic) bond motifs is 1. The lowest BCUT2D eigenvalue weighted by molar-refractivity contribution is -0.117. The summed E-state index contributed by atoms with van der Waals surface area (Å²) < 4.78 is 30.4. The Balaban J connectivity index is 1.78. The SMILES string of the molecule is C=C(NC)c1cc(F)c(N(C)c2cc3c(ncn3C)c(NC(=O)C3CC3F)n2)c(CC)c1. The highest BCUT2D eigenvalue weighted by Crippen LogP contribution is 2.37. The number of hydrogen-bond acceptors (Lipinski definition) is 5. The average Bonchev–Trinajstić information content (AvgIpc) is 3.40. The van der Waals surface area contributed by atoms with Crippen LogP contribution in [-0.2, 0) is 18.3 Å². The summed E-state index contributed by atoms with van der Waals surface area (Å²) in [6.07, 6.45) is 1.30. The van der Waals surface area contributed by atoms with Gasteiger partial charge in [-0.1, -0.05) is 13.5 Å². The van der Waals surface area contributed by atoms with E-state index in [0.29, 0.717) is 40.2 Å². The molecule has 2 unspecified atom stereocenters. The Morgan fingerprint density at radius 3 is 2.72 bits per heavy atom. The van der Waals surface area contributed by atoms with Crippen LogP contribution in [0.2, 0.25) is 0 Å². The summed E-state index contributed by atoms with van der Waals surface area (Å²) in [5, 5.41) is 5.65. The number of halogens is 2. The molecule has 0 radical (unpaired) electrons. The molecule has 0 saturated heterocycles. The predicted molar refractivity (Wildman–Crippen MR) is 122 cm³/mol. The minimum absolute atomic E-state index is 0.214. The number of anilines is 3. The Hall–Kier alpha value is -3.49. The van der Waals surface area contributed by atoms with Gasteiger partial charge in [0, 0.05) is 38.5 Å². The number of nitrogens with zero attached hydrogens (tertiary/aromatic N) is 4. The summed E-state index contributed by atoms with van der Waals surface area (Å²) in [5.41, 5.74) is 3.67. The van der Waals surface area contributed by atoms with Gasteiger partial charge in [0.1, 0.15) is 23.3 Å². The molecular weight excluding hydrogens is 414 g/mol. The molecule has 9 heteroatoms. The molecule has 3 aromatic rings. The van der Waals surface area contributed by atoms with E-state index in [1.807, 2.05) is 20.0 Å². The molecule has 0 bridgehead atoms. The number of hydrogen-bond donors (Lipinski definition) is 2. The number of carbonyl (C=O) groups is 1. The zero-order valence-electron chi connectivity index (χ0n) is 18.5. The van der Waals surface area contributed by atoms with Crippen molar-refractivity contribution in [3.8, 4) is 0 Å². The van der Waals surface area contributed by atoms with Gasteiger partial charge in [0.05, 0.1) is 23.4 Å². The number of alkyl halides is 1. The Labute approximate surface area is 185 Å². The van der Waals surface area contributed by atoms with Crippen LogP contribution in [0.3, 0.4) is 0 Å². The largest absolute Gasteiger partial charge is 0.388 e. The maximum atomic E-state index is 15.3. The summed E-state index contributed by atoms with van der Waals surface area (Å²) in [4.78, 5) is 22.9. The number of amides is 1. The fourth-order valence-electron chi connectivity index (χ4n) is 3.75. The van der Waals surface area contributed by atoms with Gasteiger partial charge < -0.3 is 20.1 Å². The number of imidazole rings is 1. The van der Waals surface area contributed by atoms with E-state index in [-0.39, 0.29) is 12.2 Å². The van der Waals surface area contributed by atoms with Crippen LogP contribution < -0.4 is 15.5 Å².